The number of amides is 2. The molecule has 0 aliphatic rings. The van der Waals surface area contributed by atoms with E-state index in [1.807, 2.05) is 19.1 Å². The van der Waals surface area contributed by atoms with Gasteiger partial charge in [0.2, 0.25) is 5.91 Å². The van der Waals surface area contributed by atoms with Crippen molar-refractivity contribution < 1.29 is 19.1 Å². The van der Waals surface area contributed by atoms with Gasteiger partial charge in [0.15, 0.2) is 0 Å². The zero-order valence-corrected chi connectivity index (χ0v) is 14.2. The Bertz CT molecular complexity index is 755. The van der Waals surface area contributed by atoms with Gasteiger partial charge in [0.25, 0.3) is 5.91 Å². The smallest absolute Gasteiger partial charge is 0.348 e. The maximum absolute atomic E-state index is 12.0. The SMILES string of the molecule is COC(=O)c1ccc(NC(=O)CCNC(=O)c2ccccc2C)s1. The Labute approximate surface area is 143 Å². The van der Waals surface area contributed by atoms with Crippen LogP contribution in [0, 0.1) is 6.92 Å². The number of thiophene rings is 1. The molecule has 2 N–H and O–H groups in total. The van der Waals surface area contributed by atoms with Gasteiger partial charge in [-0.1, -0.05) is 18.2 Å². The van der Waals surface area contributed by atoms with Crippen LogP contribution in [0.3, 0.4) is 0 Å². The molecule has 1 heterocycles. The van der Waals surface area contributed by atoms with Crippen molar-refractivity contribution in [3.63, 3.8) is 0 Å². The van der Waals surface area contributed by atoms with Crippen LogP contribution < -0.4 is 10.6 Å². The summed E-state index contributed by atoms with van der Waals surface area (Å²) in [5.41, 5.74) is 1.48. The number of carbonyl (C=O) groups excluding carboxylic acids is 3. The standard InChI is InChI=1S/C17H18N2O4S/c1-11-5-3-4-6-12(11)16(21)18-10-9-14(20)19-15-8-7-13(24-15)17(22)23-2/h3-8H,9-10H2,1-2H3,(H,18,21)(H,19,20). The second-order valence-corrected chi connectivity index (χ2v) is 6.11. The van der Waals surface area contributed by atoms with E-state index < -0.39 is 5.97 Å². The topological polar surface area (TPSA) is 84.5 Å². The Morgan fingerprint density at radius 3 is 2.58 bits per heavy atom. The van der Waals surface area contributed by atoms with Crippen molar-refractivity contribution in [2.45, 2.75) is 13.3 Å². The quantitative estimate of drug-likeness (QED) is 0.788. The Morgan fingerprint density at radius 1 is 1.12 bits per heavy atom. The third-order valence-electron chi connectivity index (χ3n) is 3.28. The number of ether oxygens (including phenoxy) is 1. The molecule has 0 fully saturated rings. The maximum atomic E-state index is 12.0. The fourth-order valence-corrected chi connectivity index (χ4v) is 2.87. The number of methoxy groups -OCH3 is 1. The largest absolute Gasteiger partial charge is 0.465 e. The van der Waals surface area contributed by atoms with Crippen LogP contribution >= 0.6 is 11.3 Å². The number of esters is 1. The minimum atomic E-state index is -0.439. The number of hydrogen-bond donors (Lipinski definition) is 2. The molecule has 7 heteroatoms. The van der Waals surface area contributed by atoms with Crippen LogP contribution in [0.4, 0.5) is 5.00 Å². The molecule has 0 unspecified atom stereocenters. The second-order valence-electron chi connectivity index (χ2n) is 5.02. The fraction of sp³-hybridized carbons (Fsp3) is 0.235. The third kappa shape index (κ3) is 4.66. The van der Waals surface area contributed by atoms with Gasteiger partial charge in [0.1, 0.15) is 4.88 Å². The summed E-state index contributed by atoms with van der Waals surface area (Å²) < 4.78 is 4.61. The molecule has 2 rings (SSSR count). The minimum absolute atomic E-state index is 0.142. The number of anilines is 1. The molecule has 6 nitrogen and oxygen atoms in total. The molecule has 126 valence electrons. The molecule has 0 aliphatic heterocycles. The highest BCUT2D eigenvalue weighted by Crippen LogP contribution is 2.22. The Kier molecular flexibility index (Phi) is 6.08. The normalized spacial score (nSPS) is 10.1. The molecule has 0 aliphatic carbocycles. The average Bonchev–Trinajstić information content (AvgIpc) is 3.02. The van der Waals surface area contributed by atoms with E-state index in [2.05, 4.69) is 15.4 Å². The fourth-order valence-electron chi connectivity index (χ4n) is 2.03. The molecule has 0 radical (unpaired) electrons. The van der Waals surface area contributed by atoms with Crippen LogP contribution in [-0.2, 0) is 9.53 Å². The molecule has 0 spiro atoms. The molecule has 1 aromatic heterocycles. The number of benzene rings is 1. The Morgan fingerprint density at radius 2 is 1.88 bits per heavy atom. The van der Waals surface area contributed by atoms with E-state index in [-0.39, 0.29) is 24.8 Å². The number of nitrogens with one attached hydrogen (secondary N) is 2. The number of hydrogen-bond acceptors (Lipinski definition) is 5. The summed E-state index contributed by atoms with van der Waals surface area (Å²) in [4.78, 5) is 35.7. The molecular weight excluding hydrogens is 328 g/mol. The lowest BCUT2D eigenvalue weighted by atomic mass is 10.1. The number of carbonyl (C=O) groups is 3. The van der Waals surface area contributed by atoms with Gasteiger partial charge in [-0.3, -0.25) is 9.59 Å². The lowest BCUT2D eigenvalue weighted by molar-refractivity contribution is -0.116. The van der Waals surface area contributed by atoms with Gasteiger partial charge in [-0.2, -0.15) is 0 Å². The van der Waals surface area contributed by atoms with Crippen LogP contribution in [0.5, 0.6) is 0 Å². The summed E-state index contributed by atoms with van der Waals surface area (Å²) in [6.45, 7) is 2.09. The highest BCUT2D eigenvalue weighted by Gasteiger charge is 2.12. The Balaban J connectivity index is 1.79. The predicted octanol–water partition coefficient (Wildman–Crippen LogP) is 2.60. The lowest BCUT2D eigenvalue weighted by Crippen LogP contribution is -2.28. The maximum Gasteiger partial charge on any atom is 0.348 e. The summed E-state index contributed by atoms with van der Waals surface area (Å²) in [5.74, 6) is -0.880. The van der Waals surface area contributed by atoms with Gasteiger partial charge < -0.3 is 15.4 Å². The molecule has 0 bridgehead atoms. The molecule has 2 amide bonds. The van der Waals surface area contributed by atoms with Crippen molar-refractivity contribution in [2.75, 3.05) is 19.0 Å². The van der Waals surface area contributed by atoms with Crippen LogP contribution in [0.1, 0.15) is 32.0 Å². The van der Waals surface area contributed by atoms with E-state index in [4.69, 9.17) is 0 Å². The second kappa shape index (κ2) is 8.26. The third-order valence-corrected chi connectivity index (χ3v) is 4.26. The molecule has 2 aromatic rings. The average molecular weight is 346 g/mol. The van der Waals surface area contributed by atoms with Gasteiger partial charge in [0, 0.05) is 18.5 Å². The Hall–Kier alpha value is -2.67. The number of aryl methyl sites for hydroxylation is 1. The first-order valence-electron chi connectivity index (χ1n) is 7.33. The van der Waals surface area contributed by atoms with E-state index in [1.165, 1.54) is 7.11 Å². The minimum Gasteiger partial charge on any atom is -0.465 e. The lowest BCUT2D eigenvalue weighted by Gasteiger charge is -2.07. The summed E-state index contributed by atoms with van der Waals surface area (Å²) >= 11 is 1.14. The molecule has 1 aromatic carbocycles. The van der Waals surface area contributed by atoms with E-state index in [9.17, 15) is 14.4 Å². The zero-order chi connectivity index (χ0) is 17.5. The van der Waals surface area contributed by atoms with Gasteiger partial charge in [0.05, 0.1) is 12.1 Å². The van der Waals surface area contributed by atoms with E-state index >= 15 is 0 Å². The van der Waals surface area contributed by atoms with Crippen molar-refractivity contribution in [3.05, 3.63) is 52.4 Å². The predicted molar refractivity (Wildman–Crippen MR) is 92.4 cm³/mol. The molecule has 0 saturated heterocycles. The van der Waals surface area contributed by atoms with Crippen molar-refractivity contribution in [3.8, 4) is 0 Å². The van der Waals surface area contributed by atoms with E-state index in [1.54, 1.807) is 24.3 Å². The molecule has 0 saturated carbocycles. The highest BCUT2D eigenvalue weighted by atomic mass is 32.1. The first kappa shape index (κ1) is 17.7. The summed E-state index contributed by atoms with van der Waals surface area (Å²) in [6, 6.07) is 10.5. The van der Waals surface area contributed by atoms with Gasteiger partial charge in [-0.25, -0.2) is 4.79 Å². The van der Waals surface area contributed by atoms with E-state index in [0.29, 0.717) is 15.4 Å². The molecular formula is C17H18N2O4S. The van der Waals surface area contributed by atoms with Gasteiger partial charge in [-0.15, -0.1) is 11.3 Å². The zero-order valence-electron chi connectivity index (χ0n) is 13.4. The number of rotatable bonds is 6. The monoisotopic (exact) mass is 346 g/mol. The van der Waals surface area contributed by atoms with Crippen LogP contribution in [0.25, 0.3) is 0 Å². The van der Waals surface area contributed by atoms with Gasteiger partial charge >= 0.3 is 5.97 Å². The summed E-state index contributed by atoms with van der Waals surface area (Å²) in [5, 5.41) is 5.97. The van der Waals surface area contributed by atoms with Crippen molar-refractivity contribution in [2.24, 2.45) is 0 Å². The van der Waals surface area contributed by atoms with Crippen LogP contribution in [0.15, 0.2) is 36.4 Å². The summed E-state index contributed by atoms with van der Waals surface area (Å²) in [7, 11) is 1.30. The molecule has 0 atom stereocenters. The van der Waals surface area contributed by atoms with E-state index in [0.717, 1.165) is 16.9 Å². The van der Waals surface area contributed by atoms with Crippen LogP contribution in [0.2, 0.25) is 0 Å². The first-order chi connectivity index (χ1) is 11.5. The van der Waals surface area contributed by atoms with Crippen molar-refractivity contribution in [1.29, 1.82) is 0 Å². The van der Waals surface area contributed by atoms with Gasteiger partial charge in [-0.05, 0) is 30.7 Å². The summed E-state index contributed by atoms with van der Waals surface area (Å²) in [6.07, 6.45) is 0.142. The van der Waals surface area contributed by atoms with Crippen LogP contribution in [-0.4, -0.2) is 31.4 Å². The highest BCUT2D eigenvalue weighted by molar-refractivity contribution is 7.18. The van der Waals surface area contributed by atoms with Crippen molar-refractivity contribution >= 4 is 34.1 Å². The van der Waals surface area contributed by atoms with Crippen molar-refractivity contribution in [1.82, 2.24) is 5.32 Å². The first-order valence-corrected chi connectivity index (χ1v) is 8.14. The molecule has 24 heavy (non-hydrogen) atoms.